The van der Waals surface area contributed by atoms with E-state index in [9.17, 15) is 9.59 Å². The number of aromatic nitrogens is 2. The molecule has 1 aromatic rings. The predicted molar refractivity (Wildman–Crippen MR) is 68.0 cm³/mol. The molecule has 2 fully saturated rings. The molecule has 19 heavy (non-hydrogen) atoms. The first kappa shape index (κ1) is 12.2. The van der Waals surface area contributed by atoms with Crippen LogP contribution in [0.15, 0.2) is 12.4 Å². The van der Waals surface area contributed by atoms with Crippen LogP contribution in [0.1, 0.15) is 25.1 Å². The summed E-state index contributed by atoms with van der Waals surface area (Å²) in [6, 6.07) is -0.240. The fraction of sp³-hybridized carbons (Fsp3) is 0.615. The summed E-state index contributed by atoms with van der Waals surface area (Å²) in [5.41, 5.74) is 0. The van der Waals surface area contributed by atoms with E-state index in [0.717, 1.165) is 25.2 Å². The van der Waals surface area contributed by atoms with Crippen molar-refractivity contribution in [2.75, 3.05) is 13.1 Å². The van der Waals surface area contributed by atoms with Crippen molar-refractivity contribution in [3.63, 3.8) is 0 Å². The highest BCUT2D eigenvalue weighted by molar-refractivity contribution is 5.90. The molecule has 3 heterocycles. The smallest absolute Gasteiger partial charge is 0.245 e. The Morgan fingerprint density at radius 2 is 2.21 bits per heavy atom. The first-order valence-electron chi connectivity index (χ1n) is 6.71. The van der Waals surface area contributed by atoms with Crippen LogP contribution >= 0.6 is 0 Å². The normalized spacial score (nSPS) is 23.7. The molecule has 0 bridgehead atoms. The van der Waals surface area contributed by atoms with Crippen molar-refractivity contribution in [2.24, 2.45) is 7.05 Å². The Hall–Kier alpha value is -1.85. The highest BCUT2D eigenvalue weighted by Crippen LogP contribution is 2.24. The van der Waals surface area contributed by atoms with Crippen LogP contribution in [0.5, 0.6) is 0 Å². The third-order valence-corrected chi connectivity index (χ3v) is 4.02. The minimum atomic E-state index is -0.240. The SMILES string of the molecule is Cn1ccnc1CN1CCC(=O)N2CCCC2C1=O. The molecular formula is C13H18N4O2. The van der Waals surface area contributed by atoms with Crippen molar-refractivity contribution < 1.29 is 9.59 Å². The van der Waals surface area contributed by atoms with Gasteiger partial charge in [0.05, 0.1) is 6.54 Å². The molecule has 0 saturated carbocycles. The number of imidazole rings is 1. The third-order valence-electron chi connectivity index (χ3n) is 4.02. The van der Waals surface area contributed by atoms with Crippen LogP contribution in [0.3, 0.4) is 0 Å². The van der Waals surface area contributed by atoms with E-state index < -0.39 is 0 Å². The Labute approximate surface area is 112 Å². The van der Waals surface area contributed by atoms with Crippen LogP contribution < -0.4 is 0 Å². The lowest BCUT2D eigenvalue weighted by atomic mass is 10.2. The number of carbonyl (C=O) groups is 2. The molecule has 1 aromatic heterocycles. The number of carbonyl (C=O) groups excluding carboxylic acids is 2. The number of fused-ring (bicyclic) bond motifs is 1. The summed E-state index contributed by atoms with van der Waals surface area (Å²) < 4.78 is 1.91. The van der Waals surface area contributed by atoms with E-state index in [2.05, 4.69) is 4.98 Å². The first-order valence-corrected chi connectivity index (χ1v) is 6.71. The number of nitrogens with zero attached hydrogens (tertiary/aromatic N) is 4. The lowest BCUT2D eigenvalue weighted by Crippen LogP contribution is -2.43. The maximum atomic E-state index is 12.5. The molecule has 0 N–H and O–H groups in total. The van der Waals surface area contributed by atoms with E-state index in [1.54, 1.807) is 16.0 Å². The molecule has 2 aliphatic heterocycles. The van der Waals surface area contributed by atoms with Crippen molar-refractivity contribution in [3.05, 3.63) is 18.2 Å². The highest BCUT2D eigenvalue weighted by atomic mass is 16.2. The molecule has 1 atom stereocenters. The number of hydrogen-bond acceptors (Lipinski definition) is 3. The average Bonchev–Trinajstić information content (AvgIpc) is 3.00. The van der Waals surface area contributed by atoms with Gasteiger partial charge in [-0.3, -0.25) is 9.59 Å². The van der Waals surface area contributed by atoms with Gasteiger partial charge in [0.1, 0.15) is 11.9 Å². The van der Waals surface area contributed by atoms with Crippen LogP contribution in [0.25, 0.3) is 0 Å². The molecule has 6 nitrogen and oxygen atoms in total. The standard InChI is InChI=1S/C13H18N4O2/c1-15-8-5-14-11(15)9-16-7-4-12(18)17-6-2-3-10(17)13(16)19/h5,8,10H,2-4,6-7,9H2,1H3. The van der Waals surface area contributed by atoms with Crippen LogP contribution in [-0.2, 0) is 23.2 Å². The van der Waals surface area contributed by atoms with Crippen LogP contribution in [-0.4, -0.2) is 50.3 Å². The molecule has 0 aromatic carbocycles. The van der Waals surface area contributed by atoms with Crippen LogP contribution in [0.2, 0.25) is 0 Å². The highest BCUT2D eigenvalue weighted by Gasteiger charge is 2.39. The first-order chi connectivity index (χ1) is 9.16. The molecule has 2 saturated heterocycles. The summed E-state index contributed by atoms with van der Waals surface area (Å²) >= 11 is 0. The van der Waals surface area contributed by atoms with Gasteiger partial charge < -0.3 is 14.4 Å². The second-order valence-corrected chi connectivity index (χ2v) is 5.21. The second-order valence-electron chi connectivity index (χ2n) is 5.21. The summed E-state index contributed by atoms with van der Waals surface area (Å²) in [6.45, 7) is 1.71. The van der Waals surface area contributed by atoms with Gasteiger partial charge in [0.2, 0.25) is 11.8 Å². The van der Waals surface area contributed by atoms with E-state index in [-0.39, 0.29) is 17.9 Å². The summed E-state index contributed by atoms with van der Waals surface area (Å²) in [4.78, 5) is 32.3. The predicted octanol–water partition coefficient (Wildman–Crippen LogP) is 0.143. The van der Waals surface area contributed by atoms with Crippen molar-refractivity contribution in [1.29, 1.82) is 0 Å². The Morgan fingerprint density at radius 1 is 1.37 bits per heavy atom. The summed E-state index contributed by atoms with van der Waals surface area (Å²) in [5.74, 6) is 1.04. The average molecular weight is 262 g/mol. The molecule has 2 amide bonds. The van der Waals surface area contributed by atoms with Gasteiger partial charge in [0.25, 0.3) is 0 Å². The summed E-state index contributed by atoms with van der Waals surface area (Å²) in [5, 5.41) is 0. The fourth-order valence-electron chi connectivity index (χ4n) is 2.89. The van der Waals surface area contributed by atoms with Gasteiger partial charge >= 0.3 is 0 Å². The monoisotopic (exact) mass is 262 g/mol. The van der Waals surface area contributed by atoms with Gasteiger partial charge in [0.15, 0.2) is 0 Å². The van der Waals surface area contributed by atoms with Gasteiger partial charge in [-0.2, -0.15) is 0 Å². The van der Waals surface area contributed by atoms with Gasteiger partial charge in [0, 0.05) is 39.0 Å². The minimum absolute atomic E-state index is 0.0753. The van der Waals surface area contributed by atoms with Gasteiger partial charge in [-0.25, -0.2) is 4.98 Å². The zero-order valence-electron chi connectivity index (χ0n) is 11.1. The van der Waals surface area contributed by atoms with Crippen molar-refractivity contribution in [3.8, 4) is 0 Å². The Bertz CT molecular complexity index is 510. The van der Waals surface area contributed by atoms with E-state index in [4.69, 9.17) is 0 Å². The Kier molecular flexibility index (Phi) is 3.00. The minimum Gasteiger partial charge on any atom is -0.337 e. The largest absolute Gasteiger partial charge is 0.337 e. The fourth-order valence-corrected chi connectivity index (χ4v) is 2.89. The van der Waals surface area contributed by atoms with E-state index in [1.165, 1.54) is 0 Å². The van der Waals surface area contributed by atoms with Gasteiger partial charge in [-0.15, -0.1) is 0 Å². The van der Waals surface area contributed by atoms with Gasteiger partial charge in [-0.1, -0.05) is 0 Å². The van der Waals surface area contributed by atoms with E-state index >= 15 is 0 Å². The maximum absolute atomic E-state index is 12.5. The zero-order chi connectivity index (χ0) is 13.4. The maximum Gasteiger partial charge on any atom is 0.245 e. The van der Waals surface area contributed by atoms with E-state index in [0.29, 0.717) is 19.5 Å². The molecule has 102 valence electrons. The lowest BCUT2D eigenvalue weighted by Gasteiger charge is -2.24. The van der Waals surface area contributed by atoms with Crippen molar-refractivity contribution in [2.45, 2.75) is 31.8 Å². The molecular weight excluding hydrogens is 244 g/mol. The molecule has 1 unspecified atom stereocenters. The molecule has 0 spiro atoms. The molecule has 6 heteroatoms. The Morgan fingerprint density at radius 3 is 2.95 bits per heavy atom. The molecule has 2 aliphatic rings. The summed E-state index contributed by atoms with van der Waals surface area (Å²) in [7, 11) is 1.91. The molecule has 0 radical (unpaired) electrons. The lowest BCUT2D eigenvalue weighted by molar-refractivity contribution is -0.139. The second kappa shape index (κ2) is 4.68. The Balaban J connectivity index is 1.80. The number of rotatable bonds is 2. The number of aryl methyl sites for hydroxylation is 1. The third kappa shape index (κ3) is 2.11. The van der Waals surface area contributed by atoms with E-state index in [1.807, 2.05) is 17.8 Å². The van der Waals surface area contributed by atoms with Crippen LogP contribution in [0, 0.1) is 0 Å². The zero-order valence-corrected chi connectivity index (χ0v) is 11.1. The van der Waals surface area contributed by atoms with Crippen LogP contribution in [0.4, 0.5) is 0 Å². The number of hydrogen-bond donors (Lipinski definition) is 0. The summed E-state index contributed by atoms with van der Waals surface area (Å²) in [6.07, 6.45) is 5.74. The quantitative estimate of drug-likeness (QED) is 0.762. The molecule has 0 aliphatic carbocycles. The number of amides is 2. The van der Waals surface area contributed by atoms with Crippen molar-refractivity contribution in [1.82, 2.24) is 19.4 Å². The van der Waals surface area contributed by atoms with Crippen molar-refractivity contribution >= 4 is 11.8 Å². The van der Waals surface area contributed by atoms with Gasteiger partial charge in [-0.05, 0) is 12.8 Å². The topological polar surface area (TPSA) is 58.4 Å². The molecule has 3 rings (SSSR count).